The number of nitrogens with one attached hydrogen (secondary N) is 2. The quantitative estimate of drug-likeness (QED) is 0.154. The summed E-state index contributed by atoms with van der Waals surface area (Å²) in [6.07, 6.45) is 6.58. The number of carbonyl (C=O) groups is 1. The molecule has 1 atom stereocenters. The summed E-state index contributed by atoms with van der Waals surface area (Å²) in [7, 11) is 3.22. The second-order valence-electron chi connectivity index (χ2n) is 6.19. The molecular formula is C17H32IN5O3. The van der Waals surface area contributed by atoms with Gasteiger partial charge in [0.2, 0.25) is 0 Å². The number of aryl methyl sites for hydroxylation is 1. The number of hydrogen-bond donors (Lipinski definition) is 3. The highest BCUT2D eigenvalue weighted by Crippen LogP contribution is 2.19. The van der Waals surface area contributed by atoms with Gasteiger partial charge in [0.05, 0.1) is 19.9 Å². The second-order valence-corrected chi connectivity index (χ2v) is 6.19. The number of nitrogens with zero attached hydrogens (tertiary/aromatic N) is 3. The number of unbranched alkanes of at least 4 members (excludes halogenated alkanes) is 2. The standard InChI is InChI=1S/C17H31N5O3.HI/c1-5-18-16(19-10-8-6-7-9-15(23)25-4)20-13-17(2,24)14-11-21-22(3)12-14;/h11-12,24H,5-10,13H2,1-4H3,(H2,18,19,20);1H. The lowest BCUT2D eigenvalue weighted by Gasteiger charge is -2.20. The summed E-state index contributed by atoms with van der Waals surface area (Å²) >= 11 is 0. The van der Waals surface area contributed by atoms with Crippen LogP contribution in [0.4, 0.5) is 0 Å². The van der Waals surface area contributed by atoms with Gasteiger partial charge in [-0.25, -0.2) is 4.99 Å². The third-order valence-corrected chi connectivity index (χ3v) is 3.79. The number of esters is 1. The van der Waals surface area contributed by atoms with E-state index >= 15 is 0 Å². The highest BCUT2D eigenvalue weighted by atomic mass is 127. The molecule has 150 valence electrons. The van der Waals surface area contributed by atoms with Gasteiger partial charge in [-0.15, -0.1) is 24.0 Å². The average molecular weight is 481 g/mol. The van der Waals surface area contributed by atoms with Crippen molar-refractivity contribution >= 4 is 35.9 Å². The number of aliphatic hydroxyl groups is 1. The van der Waals surface area contributed by atoms with Crippen molar-refractivity contribution in [3.8, 4) is 0 Å². The van der Waals surface area contributed by atoms with Gasteiger partial charge in [-0.3, -0.25) is 9.48 Å². The Morgan fingerprint density at radius 2 is 2.12 bits per heavy atom. The zero-order valence-corrected chi connectivity index (χ0v) is 18.4. The summed E-state index contributed by atoms with van der Waals surface area (Å²) < 4.78 is 6.27. The van der Waals surface area contributed by atoms with Gasteiger partial charge < -0.3 is 20.5 Å². The Bertz CT molecular complexity index is 560. The molecule has 0 saturated heterocycles. The van der Waals surface area contributed by atoms with Crippen molar-refractivity contribution in [2.45, 2.75) is 45.1 Å². The molecule has 3 N–H and O–H groups in total. The number of ether oxygens (including phenoxy) is 1. The van der Waals surface area contributed by atoms with Crippen molar-refractivity contribution in [3.05, 3.63) is 18.0 Å². The predicted molar refractivity (Wildman–Crippen MR) is 113 cm³/mol. The van der Waals surface area contributed by atoms with E-state index in [1.165, 1.54) is 7.11 Å². The van der Waals surface area contributed by atoms with E-state index in [2.05, 4.69) is 25.5 Å². The Hall–Kier alpha value is -1.36. The monoisotopic (exact) mass is 481 g/mol. The highest BCUT2D eigenvalue weighted by molar-refractivity contribution is 14.0. The Kier molecular flexibility index (Phi) is 12.2. The maximum atomic E-state index is 11.0. The van der Waals surface area contributed by atoms with E-state index in [9.17, 15) is 9.90 Å². The van der Waals surface area contributed by atoms with Crippen LogP contribution in [-0.4, -0.2) is 53.6 Å². The molecule has 0 aliphatic carbocycles. The average Bonchev–Trinajstić information content (AvgIpc) is 3.02. The molecule has 1 heterocycles. The molecule has 0 aliphatic rings. The van der Waals surface area contributed by atoms with Crippen molar-refractivity contribution in [3.63, 3.8) is 0 Å². The first kappa shape index (κ1) is 24.6. The molecule has 0 bridgehead atoms. The third-order valence-electron chi connectivity index (χ3n) is 3.79. The van der Waals surface area contributed by atoms with Crippen LogP contribution in [0.25, 0.3) is 0 Å². The fourth-order valence-electron chi connectivity index (χ4n) is 2.25. The number of halogens is 1. The minimum atomic E-state index is -1.07. The lowest BCUT2D eigenvalue weighted by atomic mass is 10.0. The molecule has 1 unspecified atom stereocenters. The zero-order chi connectivity index (χ0) is 18.7. The van der Waals surface area contributed by atoms with E-state index < -0.39 is 5.60 Å². The minimum absolute atomic E-state index is 0. The third kappa shape index (κ3) is 9.37. The van der Waals surface area contributed by atoms with Crippen molar-refractivity contribution in [2.24, 2.45) is 12.0 Å². The van der Waals surface area contributed by atoms with Crippen molar-refractivity contribution < 1.29 is 14.6 Å². The maximum Gasteiger partial charge on any atom is 0.305 e. The van der Waals surface area contributed by atoms with E-state index in [1.54, 1.807) is 24.0 Å². The van der Waals surface area contributed by atoms with Crippen LogP contribution >= 0.6 is 24.0 Å². The summed E-state index contributed by atoms with van der Waals surface area (Å²) in [5.74, 6) is 0.500. The molecule has 0 radical (unpaired) electrons. The minimum Gasteiger partial charge on any atom is -0.469 e. The van der Waals surface area contributed by atoms with Gasteiger partial charge in [0.15, 0.2) is 5.96 Å². The fourth-order valence-corrected chi connectivity index (χ4v) is 2.25. The largest absolute Gasteiger partial charge is 0.469 e. The van der Waals surface area contributed by atoms with Crippen molar-refractivity contribution in [2.75, 3.05) is 26.7 Å². The normalized spacial score (nSPS) is 13.5. The van der Waals surface area contributed by atoms with Crippen LogP contribution in [0.2, 0.25) is 0 Å². The number of aromatic nitrogens is 2. The van der Waals surface area contributed by atoms with Gasteiger partial charge in [-0.1, -0.05) is 6.42 Å². The van der Waals surface area contributed by atoms with Gasteiger partial charge >= 0.3 is 5.97 Å². The Morgan fingerprint density at radius 3 is 2.69 bits per heavy atom. The van der Waals surface area contributed by atoms with E-state index in [4.69, 9.17) is 0 Å². The smallest absolute Gasteiger partial charge is 0.305 e. The lowest BCUT2D eigenvalue weighted by Crippen LogP contribution is -2.39. The number of guanidine groups is 1. The van der Waals surface area contributed by atoms with Crippen LogP contribution in [0.15, 0.2) is 17.4 Å². The maximum absolute atomic E-state index is 11.0. The molecule has 0 spiro atoms. The van der Waals surface area contributed by atoms with Crippen molar-refractivity contribution in [1.82, 2.24) is 20.4 Å². The second kappa shape index (κ2) is 12.9. The SMILES string of the molecule is CCNC(=NCC(C)(O)c1cnn(C)c1)NCCCCCC(=O)OC.I. The van der Waals surface area contributed by atoms with E-state index in [-0.39, 0.29) is 36.5 Å². The summed E-state index contributed by atoms with van der Waals surface area (Å²) in [5.41, 5.74) is -0.339. The predicted octanol–water partition coefficient (Wildman–Crippen LogP) is 1.53. The molecule has 0 amide bonds. The summed E-state index contributed by atoms with van der Waals surface area (Å²) in [6.45, 7) is 5.44. The molecule has 1 aromatic rings. The molecule has 0 aliphatic heterocycles. The molecule has 0 saturated carbocycles. The molecule has 1 aromatic heterocycles. The molecule has 26 heavy (non-hydrogen) atoms. The van der Waals surface area contributed by atoms with E-state index in [1.807, 2.05) is 14.0 Å². The first-order chi connectivity index (χ1) is 11.9. The summed E-state index contributed by atoms with van der Waals surface area (Å²) in [5, 5.41) is 21.1. The molecule has 1 rings (SSSR count). The van der Waals surface area contributed by atoms with Gasteiger partial charge in [-0.2, -0.15) is 5.10 Å². The van der Waals surface area contributed by atoms with Gasteiger partial charge in [0, 0.05) is 38.3 Å². The van der Waals surface area contributed by atoms with Crippen LogP contribution in [0, 0.1) is 0 Å². The van der Waals surface area contributed by atoms with Crippen LogP contribution in [0.5, 0.6) is 0 Å². The van der Waals surface area contributed by atoms with Crippen LogP contribution < -0.4 is 10.6 Å². The molecule has 0 aromatic carbocycles. The first-order valence-corrected chi connectivity index (χ1v) is 8.69. The van der Waals surface area contributed by atoms with Gasteiger partial charge in [0.1, 0.15) is 5.60 Å². The Balaban J connectivity index is 0.00000625. The zero-order valence-electron chi connectivity index (χ0n) is 16.1. The number of aliphatic imine (C=N–C) groups is 1. The Morgan fingerprint density at radius 1 is 1.38 bits per heavy atom. The first-order valence-electron chi connectivity index (χ1n) is 8.69. The Labute approximate surface area is 172 Å². The topological polar surface area (TPSA) is 101 Å². The number of hydrogen-bond acceptors (Lipinski definition) is 5. The fraction of sp³-hybridized carbons (Fsp3) is 0.706. The van der Waals surface area contributed by atoms with Gasteiger partial charge in [-0.05, 0) is 26.7 Å². The summed E-state index contributed by atoms with van der Waals surface area (Å²) in [6, 6.07) is 0. The molecular weight excluding hydrogens is 449 g/mol. The van der Waals surface area contributed by atoms with E-state index in [0.717, 1.165) is 37.9 Å². The number of rotatable bonds is 10. The molecule has 8 nitrogen and oxygen atoms in total. The van der Waals surface area contributed by atoms with Crippen LogP contribution in [-0.2, 0) is 22.2 Å². The molecule has 0 fully saturated rings. The van der Waals surface area contributed by atoms with E-state index in [0.29, 0.717) is 12.4 Å². The summed E-state index contributed by atoms with van der Waals surface area (Å²) in [4.78, 5) is 15.5. The lowest BCUT2D eigenvalue weighted by molar-refractivity contribution is -0.140. The highest BCUT2D eigenvalue weighted by Gasteiger charge is 2.24. The van der Waals surface area contributed by atoms with Crippen molar-refractivity contribution in [1.29, 1.82) is 0 Å². The van der Waals surface area contributed by atoms with Crippen LogP contribution in [0.1, 0.15) is 45.1 Å². The van der Waals surface area contributed by atoms with Crippen LogP contribution in [0.3, 0.4) is 0 Å². The molecule has 9 heteroatoms. The number of methoxy groups -OCH3 is 1. The number of carbonyl (C=O) groups excluding carboxylic acids is 1. The van der Waals surface area contributed by atoms with Gasteiger partial charge in [0.25, 0.3) is 0 Å².